The Balaban J connectivity index is 2.79. The summed E-state index contributed by atoms with van der Waals surface area (Å²) in [4.78, 5) is 26.8. The summed E-state index contributed by atoms with van der Waals surface area (Å²) >= 11 is 0. The first-order valence-electron chi connectivity index (χ1n) is 10.5. The Morgan fingerprint density at radius 1 is 0.964 bits per heavy atom. The Bertz CT molecular complexity index is 575. The highest BCUT2D eigenvalue weighted by Gasteiger charge is 2.40. The quantitative estimate of drug-likeness (QED) is 0.442. The maximum absolute atomic E-state index is 13.4. The van der Waals surface area contributed by atoms with Gasteiger partial charge in [0.2, 0.25) is 0 Å². The number of carbonyl (C=O) groups excluding carboxylic acids is 2. The SMILES string of the molecule is CCP(=O)(CC)C(CC1CCN(C(=O)OC(C)(C)C)CC1)C(=O)OC(C)(C)C. The molecule has 28 heavy (non-hydrogen) atoms. The van der Waals surface area contributed by atoms with Gasteiger partial charge in [-0.2, -0.15) is 0 Å². The normalized spacial score (nSPS) is 17.9. The van der Waals surface area contributed by atoms with Crippen molar-refractivity contribution in [3.8, 4) is 0 Å². The van der Waals surface area contributed by atoms with Crippen LogP contribution in [0.5, 0.6) is 0 Å². The summed E-state index contributed by atoms with van der Waals surface area (Å²) in [6.45, 7) is 16.1. The molecule has 0 aliphatic carbocycles. The highest BCUT2D eigenvalue weighted by atomic mass is 31.2. The first-order valence-corrected chi connectivity index (χ1v) is 12.6. The predicted octanol–water partition coefficient (Wildman–Crippen LogP) is 5.14. The van der Waals surface area contributed by atoms with Gasteiger partial charge in [0.25, 0.3) is 0 Å². The van der Waals surface area contributed by atoms with Gasteiger partial charge in [0.15, 0.2) is 0 Å². The zero-order valence-electron chi connectivity index (χ0n) is 19.0. The Hall–Kier alpha value is -1.03. The van der Waals surface area contributed by atoms with Crippen molar-refractivity contribution in [2.45, 2.75) is 91.5 Å². The molecule has 0 radical (unpaired) electrons. The number of rotatable bonds is 6. The van der Waals surface area contributed by atoms with E-state index in [4.69, 9.17) is 9.47 Å². The number of likely N-dealkylation sites (tertiary alicyclic amines) is 1. The van der Waals surface area contributed by atoms with Crippen molar-refractivity contribution in [1.29, 1.82) is 0 Å². The van der Waals surface area contributed by atoms with Gasteiger partial charge in [-0.15, -0.1) is 0 Å². The highest BCUT2D eigenvalue weighted by molar-refractivity contribution is 7.65. The molecule has 0 bridgehead atoms. The molecule has 1 heterocycles. The predicted molar refractivity (Wildman–Crippen MR) is 113 cm³/mol. The number of amides is 1. The lowest BCUT2D eigenvalue weighted by Gasteiger charge is -2.36. The molecule has 0 spiro atoms. The molecule has 1 unspecified atom stereocenters. The van der Waals surface area contributed by atoms with Crippen molar-refractivity contribution in [2.75, 3.05) is 25.4 Å². The van der Waals surface area contributed by atoms with Crippen LogP contribution in [0.2, 0.25) is 0 Å². The van der Waals surface area contributed by atoms with Crippen LogP contribution in [0.4, 0.5) is 4.79 Å². The van der Waals surface area contributed by atoms with Crippen LogP contribution in [-0.4, -0.2) is 59.2 Å². The molecule has 164 valence electrons. The Morgan fingerprint density at radius 2 is 1.43 bits per heavy atom. The number of hydrogen-bond donors (Lipinski definition) is 0. The van der Waals surface area contributed by atoms with Gasteiger partial charge in [0.1, 0.15) is 24.0 Å². The van der Waals surface area contributed by atoms with E-state index >= 15 is 0 Å². The van der Waals surface area contributed by atoms with Gasteiger partial charge < -0.3 is 18.9 Å². The first-order chi connectivity index (χ1) is 12.7. The molecular formula is C21H40NO5P. The lowest BCUT2D eigenvalue weighted by molar-refractivity contribution is -0.154. The van der Waals surface area contributed by atoms with Crippen molar-refractivity contribution in [1.82, 2.24) is 4.90 Å². The van der Waals surface area contributed by atoms with E-state index in [9.17, 15) is 14.2 Å². The molecule has 1 aliphatic heterocycles. The average Bonchev–Trinajstić information content (AvgIpc) is 2.56. The van der Waals surface area contributed by atoms with E-state index in [1.54, 1.807) is 4.90 Å². The minimum absolute atomic E-state index is 0.252. The smallest absolute Gasteiger partial charge is 0.410 e. The lowest BCUT2D eigenvalue weighted by Crippen LogP contribution is -2.42. The van der Waals surface area contributed by atoms with E-state index in [0.29, 0.717) is 31.8 Å². The van der Waals surface area contributed by atoms with E-state index in [0.717, 1.165) is 12.8 Å². The molecule has 0 aromatic rings. The van der Waals surface area contributed by atoms with Crippen LogP contribution < -0.4 is 0 Å². The first kappa shape index (κ1) is 25.0. The van der Waals surface area contributed by atoms with E-state index in [1.165, 1.54) is 0 Å². The molecule has 0 saturated carbocycles. The van der Waals surface area contributed by atoms with Crippen molar-refractivity contribution in [3.63, 3.8) is 0 Å². The van der Waals surface area contributed by atoms with Gasteiger partial charge in [-0.25, -0.2) is 4.79 Å². The Morgan fingerprint density at radius 3 is 1.82 bits per heavy atom. The lowest BCUT2D eigenvalue weighted by atomic mass is 9.92. The molecule has 1 amide bonds. The number of hydrogen-bond acceptors (Lipinski definition) is 5. The third-order valence-corrected chi connectivity index (χ3v) is 8.84. The fourth-order valence-electron chi connectivity index (χ4n) is 3.51. The minimum atomic E-state index is -2.64. The maximum atomic E-state index is 13.4. The number of nitrogens with zero attached hydrogens (tertiary/aromatic N) is 1. The van der Waals surface area contributed by atoms with Crippen LogP contribution in [0.15, 0.2) is 0 Å². The largest absolute Gasteiger partial charge is 0.459 e. The third kappa shape index (κ3) is 7.77. The van der Waals surface area contributed by atoms with Crippen molar-refractivity contribution in [3.05, 3.63) is 0 Å². The van der Waals surface area contributed by atoms with Crippen molar-refractivity contribution >= 4 is 19.2 Å². The second-order valence-corrected chi connectivity index (χ2v) is 13.6. The van der Waals surface area contributed by atoms with E-state index in [-0.39, 0.29) is 18.0 Å². The fraction of sp³-hybridized carbons (Fsp3) is 0.905. The van der Waals surface area contributed by atoms with Gasteiger partial charge in [-0.3, -0.25) is 4.79 Å². The number of carbonyl (C=O) groups is 2. The van der Waals surface area contributed by atoms with Crippen molar-refractivity contribution < 1.29 is 23.6 Å². The zero-order valence-corrected chi connectivity index (χ0v) is 19.9. The van der Waals surface area contributed by atoms with Gasteiger partial charge in [-0.05, 0) is 79.0 Å². The maximum Gasteiger partial charge on any atom is 0.410 e. The highest BCUT2D eigenvalue weighted by Crippen LogP contribution is 2.53. The average molecular weight is 418 g/mol. The van der Waals surface area contributed by atoms with Crippen LogP contribution in [0.3, 0.4) is 0 Å². The molecule has 0 N–H and O–H groups in total. The summed E-state index contributed by atoms with van der Waals surface area (Å²) in [7, 11) is -2.64. The van der Waals surface area contributed by atoms with Crippen molar-refractivity contribution in [2.24, 2.45) is 5.92 Å². The summed E-state index contributed by atoms with van der Waals surface area (Å²) in [5, 5.41) is 0. The summed E-state index contributed by atoms with van der Waals surface area (Å²) in [5.41, 5.74) is -1.66. The molecule has 1 atom stereocenters. The summed E-state index contributed by atoms with van der Waals surface area (Å²) in [5.74, 6) is -0.0864. The molecule has 1 fully saturated rings. The van der Waals surface area contributed by atoms with Crippen LogP contribution in [0.1, 0.15) is 74.7 Å². The molecule has 6 nitrogen and oxygen atoms in total. The zero-order chi connectivity index (χ0) is 21.8. The second kappa shape index (κ2) is 9.65. The van der Waals surface area contributed by atoms with Crippen LogP contribution in [-0.2, 0) is 18.8 Å². The molecule has 0 aromatic carbocycles. The van der Waals surface area contributed by atoms with E-state index in [2.05, 4.69) is 0 Å². The fourth-order valence-corrected chi connectivity index (χ4v) is 5.96. The summed E-state index contributed by atoms with van der Waals surface area (Å²) in [6, 6.07) is 0. The van der Waals surface area contributed by atoms with Gasteiger partial charge in [0, 0.05) is 13.1 Å². The molecule has 7 heteroatoms. The summed E-state index contributed by atoms with van der Waals surface area (Å²) in [6.07, 6.45) is 2.85. The number of piperidine rings is 1. The van der Waals surface area contributed by atoms with Crippen LogP contribution >= 0.6 is 7.14 Å². The number of esters is 1. The second-order valence-electron chi connectivity index (χ2n) is 9.78. The monoisotopic (exact) mass is 417 g/mol. The van der Waals surface area contributed by atoms with Gasteiger partial charge in [0.05, 0.1) is 0 Å². The Kier molecular flexibility index (Phi) is 8.62. The minimum Gasteiger partial charge on any atom is -0.459 e. The van der Waals surface area contributed by atoms with Crippen LogP contribution in [0, 0.1) is 5.92 Å². The molecule has 1 rings (SSSR count). The molecular weight excluding hydrogens is 377 g/mol. The molecule has 1 aliphatic rings. The summed E-state index contributed by atoms with van der Waals surface area (Å²) < 4.78 is 24.4. The van der Waals surface area contributed by atoms with Crippen LogP contribution in [0.25, 0.3) is 0 Å². The van der Waals surface area contributed by atoms with E-state index < -0.39 is 24.0 Å². The van der Waals surface area contributed by atoms with Gasteiger partial charge in [-0.1, -0.05) is 13.8 Å². The Labute approximate surface area is 171 Å². The van der Waals surface area contributed by atoms with E-state index in [1.807, 2.05) is 55.4 Å². The topological polar surface area (TPSA) is 72.9 Å². The molecule has 1 saturated heterocycles. The van der Waals surface area contributed by atoms with Gasteiger partial charge >= 0.3 is 12.1 Å². The standard InChI is InChI=1S/C21H40NO5P/c1-9-28(25,10-2)17(18(23)26-20(3,4)5)15-16-11-13-22(14-12-16)19(24)27-21(6,7)8/h16-17H,9-15H2,1-8H3. The third-order valence-electron chi connectivity index (χ3n) is 5.14. The molecule has 0 aromatic heterocycles. The number of ether oxygens (including phenoxy) is 2.